The highest BCUT2D eigenvalue weighted by Crippen LogP contribution is 2.35. The second-order valence-electron chi connectivity index (χ2n) is 7.50. The standard InChI is InChI=1S/C22H25N3O2S/c1-14-10-16-4-5-17(12-18(16)19(11-14)27-3)20-13-23-22(28-20)24-21(26)15-6-8-25(2)9-7-15/h4-5,10-13,15H,6-9H2,1-3H3,(H,23,24,26). The number of hydrogen-bond donors (Lipinski definition) is 1. The highest BCUT2D eigenvalue weighted by Gasteiger charge is 2.24. The maximum absolute atomic E-state index is 12.5. The van der Waals surface area contributed by atoms with Crippen molar-refractivity contribution < 1.29 is 9.53 Å². The number of likely N-dealkylation sites (tertiary alicyclic amines) is 1. The van der Waals surface area contributed by atoms with Crippen LogP contribution in [0.25, 0.3) is 21.2 Å². The molecule has 1 aliphatic rings. The van der Waals surface area contributed by atoms with Crippen molar-refractivity contribution in [1.82, 2.24) is 9.88 Å². The summed E-state index contributed by atoms with van der Waals surface area (Å²) in [4.78, 5) is 20.3. The average Bonchev–Trinajstić information content (AvgIpc) is 3.15. The molecule has 6 heteroatoms. The van der Waals surface area contributed by atoms with Crippen LogP contribution in [0.5, 0.6) is 5.75 Å². The number of rotatable bonds is 4. The van der Waals surface area contributed by atoms with Gasteiger partial charge in [0.05, 0.1) is 12.0 Å². The van der Waals surface area contributed by atoms with E-state index in [1.54, 1.807) is 7.11 Å². The molecule has 1 aromatic heterocycles. The van der Waals surface area contributed by atoms with Crippen LogP contribution in [0.15, 0.2) is 36.5 Å². The van der Waals surface area contributed by atoms with Gasteiger partial charge >= 0.3 is 0 Å². The van der Waals surface area contributed by atoms with Crippen molar-refractivity contribution in [2.24, 2.45) is 5.92 Å². The molecule has 0 unspecified atom stereocenters. The summed E-state index contributed by atoms with van der Waals surface area (Å²) in [5, 5.41) is 5.90. The Bertz CT molecular complexity index is 1010. The summed E-state index contributed by atoms with van der Waals surface area (Å²) in [6.45, 7) is 4.01. The Balaban J connectivity index is 1.54. The smallest absolute Gasteiger partial charge is 0.229 e. The molecule has 0 spiro atoms. The molecule has 2 heterocycles. The Morgan fingerprint density at radius 1 is 1.25 bits per heavy atom. The number of anilines is 1. The normalized spacial score (nSPS) is 15.7. The van der Waals surface area contributed by atoms with Gasteiger partial charge in [-0.1, -0.05) is 29.5 Å². The summed E-state index contributed by atoms with van der Waals surface area (Å²) < 4.78 is 5.56. The second kappa shape index (κ2) is 7.89. The van der Waals surface area contributed by atoms with Crippen LogP contribution in [0.1, 0.15) is 18.4 Å². The molecule has 28 heavy (non-hydrogen) atoms. The van der Waals surface area contributed by atoms with E-state index < -0.39 is 0 Å². The maximum Gasteiger partial charge on any atom is 0.229 e. The summed E-state index contributed by atoms with van der Waals surface area (Å²) in [7, 11) is 3.80. The van der Waals surface area contributed by atoms with Crippen molar-refractivity contribution in [2.45, 2.75) is 19.8 Å². The first-order chi connectivity index (χ1) is 13.5. The molecule has 2 aromatic carbocycles. The van der Waals surface area contributed by atoms with Gasteiger partial charge in [0.25, 0.3) is 0 Å². The van der Waals surface area contributed by atoms with Gasteiger partial charge in [-0.25, -0.2) is 4.98 Å². The number of aromatic nitrogens is 1. The molecule has 4 rings (SSSR count). The molecule has 146 valence electrons. The van der Waals surface area contributed by atoms with E-state index in [1.807, 2.05) is 12.3 Å². The number of benzene rings is 2. The average molecular weight is 396 g/mol. The Morgan fingerprint density at radius 2 is 2.04 bits per heavy atom. The van der Waals surface area contributed by atoms with Crippen molar-refractivity contribution in [3.05, 3.63) is 42.1 Å². The van der Waals surface area contributed by atoms with Gasteiger partial charge < -0.3 is 15.0 Å². The van der Waals surface area contributed by atoms with Crippen LogP contribution in [-0.4, -0.2) is 43.0 Å². The van der Waals surface area contributed by atoms with E-state index in [9.17, 15) is 4.79 Å². The summed E-state index contributed by atoms with van der Waals surface area (Å²) in [5.41, 5.74) is 2.25. The molecule has 1 saturated heterocycles. The van der Waals surface area contributed by atoms with E-state index >= 15 is 0 Å². The summed E-state index contributed by atoms with van der Waals surface area (Å²) in [6.07, 6.45) is 3.64. The van der Waals surface area contributed by atoms with E-state index in [0.717, 1.165) is 52.9 Å². The number of nitrogens with zero attached hydrogens (tertiary/aromatic N) is 2. The predicted molar refractivity (Wildman–Crippen MR) is 115 cm³/mol. The fraction of sp³-hybridized carbons (Fsp3) is 0.364. The summed E-state index contributed by atoms with van der Waals surface area (Å²) >= 11 is 1.51. The summed E-state index contributed by atoms with van der Waals surface area (Å²) in [6, 6.07) is 10.5. The van der Waals surface area contributed by atoms with Gasteiger partial charge in [-0.2, -0.15) is 0 Å². The zero-order valence-electron chi connectivity index (χ0n) is 16.5. The molecule has 3 aromatic rings. The summed E-state index contributed by atoms with van der Waals surface area (Å²) in [5.74, 6) is 1.04. The number of carbonyl (C=O) groups is 1. The lowest BCUT2D eigenvalue weighted by Crippen LogP contribution is -2.35. The van der Waals surface area contributed by atoms with Crippen molar-refractivity contribution >= 4 is 33.1 Å². The SMILES string of the molecule is COc1cc(C)cc2ccc(-c3cnc(NC(=O)C4CCN(C)CC4)s3)cc12. The Labute approximate surface area is 169 Å². The molecular formula is C22H25N3O2S. The minimum atomic E-state index is 0.0803. The number of amides is 1. The lowest BCUT2D eigenvalue weighted by molar-refractivity contribution is -0.121. The van der Waals surface area contributed by atoms with Gasteiger partial charge in [-0.3, -0.25) is 4.79 Å². The first-order valence-corrected chi connectivity index (χ1v) is 10.4. The van der Waals surface area contributed by atoms with Gasteiger partial charge in [0.15, 0.2) is 5.13 Å². The molecule has 1 aliphatic heterocycles. The van der Waals surface area contributed by atoms with Crippen LogP contribution in [0.4, 0.5) is 5.13 Å². The molecule has 1 amide bonds. The molecule has 0 radical (unpaired) electrons. The van der Waals surface area contributed by atoms with E-state index in [2.05, 4.69) is 53.4 Å². The largest absolute Gasteiger partial charge is 0.496 e. The number of carbonyl (C=O) groups excluding carboxylic acids is 1. The van der Waals surface area contributed by atoms with Gasteiger partial charge in [-0.05, 0) is 68.5 Å². The van der Waals surface area contributed by atoms with Crippen molar-refractivity contribution in [1.29, 1.82) is 0 Å². The van der Waals surface area contributed by atoms with Crippen LogP contribution in [0.2, 0.25) is 0 Å². The molecule has 1 N–H and O–H groups in total. The van der Waals surface area contributed by atoms with Crippen molar-refractivity contribution in [3.8, 4) is 16.2 Å². The minimum absolute atomic E-state index is 0.0803. The Kier molecular flexibility index (Phi) is 5.33. The van der Waals surface area contributed by atoms with Gasteiger partial charge in [-0.15, -0.1) is 0 Å². The van der Waals surface area contributed by atoms with Crippen molar-refractivity contribution in [3.63, 3.8) is 0 Å². The third-order valence-corrected chi connectivity index (χ3v) is 6.35. The number of fused-ring (bicyclic) bond motifs is 1. The van der Waals surface area contributed by atoms with Gasteiger partial charge in [0, 0.05) is 17.5 Å². The number of methoxy groups -OCH3 is 1. The van der Waals surface area contributed by atoms with E-state index in [-0.39, 0.29) is 11.8 Å². The first kappa shape index (κ1) is 18.9. The van der Waals surface area contributed by atoms with Gasteiger partial charge in [0.1, 0.15) is 5.75 Å². The lowest BCUT2D eigenvalue weighted by atomic mass is 9.96. The predicted octanol–water partition coefficient (Wildman–Crippen LogP) is 4.56. The molecule has 0 aliphatic carbocycles. The molecule has 5 nitrogen and oxygen atoms in total. The highest BCUT2D eigenvalue weighted by molar-refractivity contribution is 7.19. The van der Waals surface area contributed by atoms with E-state index in [1.165, 1.54) is 16.9 Å². The number of aryl methyl sites for hydroxylation is 1. The van der Waals surface area contributed by atoms with Crippen LogP contribution < -0.4 is 10.1 Å². The second-order valence-corrected chi connectivity index (χ2v) is 8.53. The van der Waals surface area contributed by atoms with Gasteiger partial charge in [0.2, 0.25) is 5.91 Å². The quantitative estimate of drug-likeness (QED) is 0.704. The van der Waals surface area contributed by atoms with Crippen LogP contribution in [0.3, 0.4) is 0 Å². The Morgan fingerprint density at radius 3 is 2.79 bits per heavy atom. The molecular weight excluding hydrogens is 370 g/mol. The molecule has 1 fully saturated rings. The van der Waals surface area contributed by atoms with Crippen molar-refractivity contribution in [2.75, 3.05) is 32.6 Å². The van der Waals surface area contributed by atoms with E-state index in [0.29, 0.717) is 5.13 Å². The number of piperidine rings is 1. The maximum atomic E-state index is 12.5. The van der Waals surface area contributed by atoms with Crippen LogP contribution in [0, 0.1) is 12.8 Å². The highest BCUT2D eigenvalue weighted by atomic mass is 32.1. The molecule has 0 bridgehead atoms. The lowest BCUT2D eigenvalue weighted by Gasteiger charge is -2.27. The number of ether oxygens (including phenoxy) is 1. The van der Waals surface area contributed by atoms with E-state index in [4.69, 9.17) is 4.74 Å². The van der Waals surface area contributed by atoms with Crippen LogP contribution >= 0.6 is 11.3 Å². The first-order valence-electron chi connectivity index (χ1n) is 9.57. The third-order valence-electron chi connectivity index (χ3n) is 5.39. The third kappa shape index (κ3) is 3.88. The number of hydrogen-bond acceptors (Lipinski definition) is 5. The minimum Gasteiger partial charge on any atom is -0.496 e. The number of thiazole rings is 1. The molecule has 0 saturated carbocycles. The zero-order valence-corrected chi connectivity index (χ0v) is 17.3. The zero-order chi connectivity index (χ0) is 19.7. The Hall–Kier alpha value is -2.44. The monoisotopic (exact) mass is 395 g/mol. The fourth-order valence-corrected chi connectivity index (χ4v) is 4.55. The van der Waals surface area contributed by atoms with Crippen LogP contribution in [-0.2, 0) is 4.79 Å². The number of nitrogens with one attached hydrogen (secondary N) is 1. The fourth-order valence-electron chi connectivity index (χ4n) is 3.73. The topological polar surface area (TPSA) is 54.5 Å². The molecule has 0 atom stereocenters.